The monoisotopic (exact) mass is 308 g/mol. The van der Waals surface area contributed by atoms with E-state index in [1.165, 1.54) is 33.3 Å². The molecule has 0 bridgehead atoms. The molecule has 1 amide bonds. The van der Waals surface area contributed by atoms with E-state index in [-0.39, 0.29) is 5.91 Å². The van der Waals surface area contributed by atoms with Gasteiger partial charge in [-0.15, -0.1) is 5.10 Å². The van der Waals surface area contributed by atoms with Crippen LogP contribution < -0.4 is 14.2 Å². The summed E-state index contributed by atoms with van der Waals surface area (Å²) in [5.41, 5.74) is -0.215. The second-order valence-electron chi connectivity index (χ2n) is 5.20. The molecule has 0 spiro atoms. The van der Waals surface area contributed by atoms with Gasteiger partial charge in [-0.25, -0.2) is 0 Å². The van der Waals surface area contributed by atoms with Crippen molar-refractivity contribution in [3.05, 3.63) is 17.7 Å². The Morgan fingerprint density at radius 1 is 1.14 bits per heavy atom. The number of amides is 1. The Hall–Kier alpha value is -2.44. The van der Waals surface area contributed by atoms with Crippen molar-refractivity contribution in [2.75, 3.05) is 21.3 Å². The van der Waals surface area contributed by atoms with Crippen LogP contribution in [-0.2, 0) is 9.53 Å². The van der Waals surface area contributed by atoms with Gasteiger partial charge in [0.05, 0.1) is 21.3 Å². The zero-order chi connectivity index (χ0) is 16.5. The van der Waals surface area contributed by atoms with E-state index in [1.54, 1.807) is 26.0 Å². The molecule has 0 saturated heterocycles. The van der Waals surface area contributed by atoms with Crippen LogP contribution in [0.25, 0.3) is 0 Å². The smallest absolute Gasteiger partial charge is 0.243 e. The lowest BCUT2D eigenvalue weighted by atomic mass is 10.1. The third kappa shape index (κ3) is 2.66. The van der Waals surface area contributed by atoms with Crippen LogP contribution in [0.1, 0.15) is 26.3 Å². The first-order valence-corrected chi connectivity index (χ1v) is 6.73. The zero-order valence-corrected chi connectivity index (χ0v) is 13.6. The summed E-state index contributed by atoms with van der Waals surface area (Å²) < 4.78 is 21.7. The zero-order valence-electron chi connectivity index (χ0n) is 13.6. The Morgan fingerprint density at radius 3 is 2.05 bits per heavy atom. The summed E-state index contributed by atoms with van der Waals surface area (Å²) in [6, 6.07) is 3.44. The quantitative estimate of drug-likeness (QED) is 0.851. The third-order valence-electron chi connectivity index (χ3n) is 3.26. The maximum atomic E-state index is 11.7. The van der Waals surface area contributed by atoms with Crippen molar-refractivity contribution in [2.24, 2.45) is 5.10 Å². The summed E-state index contributed by atoms with van der Waals surface area (Å²) in [6.45, 7) is 4.97. The molecule has 1 aromatic rings. The van der Waals surface area contributed by atoms with Crippen LogP contribution in [0.3, 0.4) is 0 Å². The Kier molecular flexibility index (Phi) is 4.16. The van der Waals surface area contributed by atoms with E-state index in [1.807, 2.05) is 0 Å². The summed E-state index contributed by atoms with van der Waals surface area (Å²) in [7, 11) is 4.60. The average Bonchev–Trinajstić information content (AvgIpc) is 2.81. The first-order chi connectivity index (χ1) is 10.3. The van der Waals surface area contributed by atoms with Crippen molar-refractivity contribution in [1.29, 1.82) is 0 Å². The predicted molar refractivity (Wildman–Crippen MR) is 80.3 cm³/mol. The van der Waals surface area contributed by atoms with Crippen LogP contribution in [0.2, 0.25) is 0 Å². The van der Waals surface area contributed by atoms with Gasteiger partial charge in [0.1, 0.15) is 0 Å². The van der Waals surface area contributed by atoms with E-state index in [9.17, 15) is 4.79 Å². The molecule has 0 aromatic heterocycles. The van der Waals surface area contributed by atoms with Crippen LogP contribution in [0, 0.1) is 0 Å². The summed E-state index contributed by atoms with van der Waals surface area (Å²) >= 11 is 0. The highest BCUT2D eigenvalue weighted by atomic mass is 16.6. The van der Waals surface area contributed by atoms with E-state index in [4.69, 9.17) is 18.9 Å². The van der Waals surface area contributed by atoms with Crippen LogP contribution in [0.4, 0.5) is 0 Å². The second-order valence-corrected chi connectivity index (χ2v) is 5.20. The number of rotatable bonds is 4. The normalized spacial score (nSPS) is 15.9. The summed E-state index contributed by atoms with van der Waals surface area (Å²) in [5, 5.41) is 5.54. The third-order valence-corrected chi connectivity index (χ3v) is 3.26. The Balaban J connectivity index is 2.50. The molecule has 0 saturated carbocycles. The molecule has 0 fully saturated rings. The van der Waals surface area contributed by atoms with E-state index in [0.717, 1.165) is 0 Å². The Labute approximate surface area is 129 Å². The molecule has 7 nitrogen and oxygen atoms in total. The van der Waals surface area contributed by atoms with E-state index in [2.05, 4.69) is 5.10 Å². The van der Waals surface area contributed by atoms with Gasteiger partial charge in [-0.3, -0.25) is 4.79 Å². The Morgan fingerprint density at radius 2 is 1.68 bits per heavy atom. The molecule has 120 valence electrons. The molecule has 1 aliphatic heterocycles. The number of methoxy groups -OCH3 is 3. The van der Waals surface area contributed by atoms with Crippen LogP contribution in [0.15, 0.2) is 17.2 Å². The number of hydrogen-bond acceptors (Lipinski definition) is 6. The highest BCUT2D eigenvalue weighted by Crippen LogP contribution is 2.39. The van der Waals surface area contributed by atoms with Gasteiger partial charge in [0.2, 0.25) is 23.3 Å². The van der Waals surface area contributed by atoms with Crippen molar-refractivity contribution in [1.82, 2.24) is 5.01 Å². The molecule has 0 aliphatic carbocycles. The van der Waals surface area contributed by atoms with Gasteiger partial charge < -0.3 is 18.9 Å². The molecule has 1 aliphatic rings. The molecule has 0 unspecified atom stereocenters. The number of nitrogens with zero attached hydrogens (tertiary/aromatic N) is 2. The SMILES string of the molecule is COc1cc(C2=NN(C(C)=O)C(C)(C)O2)cc(OC)c1OC. The van der Waals surface area contributed by atoms with Crippen molar-refractivity contribution >= 4 is 11.8 Å². The fraction of sp³-hybridized carbons (Fsp3) is 0.467. The topological polar surface area (TPSA) is 69.6 Å². The minimum absolute atomic E-state index is 0.201. The predicted octanol–water partition coefficient (Wildman–Crippen LogP) is 1.99. The lowest BCUT2D eigenvalue weighted by Gasteiger charge is -2.26. The maximum Gasteiger partial charge on any atom is 0.243 e. The lowest BCUT2D eigenvalue weighted by Crippen LogP contribution is -2.41. The largest absolute Gasteiger partial charge is 0.493 e. The lowest BCUT2D eigenvalue weighted by molar-refractivity contribution is -0.142. The van der Waals surface area contributed by atoms with Gasteiger partial charge in [0, 0.05) is 12.5 Å². The standard InChI is InChI=1S/C15H20N2O5/c1-9(18)17-15(2,3)22-14(16-17)10-7-11(19-4)13(21-6)12(8-10)20-5/h7-8H,1-6H3. The van der Waals surface area contributed by atoms with Crippen molar-refractivity contribution in [3.63, 3.8) is 0 Å². The molecule has 2 rings (SSSR count). The number of hydrazone groups is 1. The van der Waals surface area contributed by atoms with E-state index >= 15 is 0 Å². The molecule has 1 heterocycles. The molecule has 1 aromatic carbocycles. The van der Waals surface area contributed by atoms with Gasteiger partial charge in [-0.2, -0.15) is 5.01 Å². The van der Waals surface area contributed by atoms with Crippen molar-refractivity contribution in [3.8, 4) is 17.2 Å². The van der Waals surface area contributed by atoms with Crippen molar-refractivity contribution in [2.45, 2.75) is 26.5 Å². The van der Waals surface area contributed by atoms with Crippen LogP contribution >= 0.6 is 0 Å². The second kappa shape index (κ2) is 5.75. The van der Waals surface area contributed by atoms with Crippen LogP contribution in [0.5, 0.6) is 17.2 Å². The molecule has 22 heavy (non-hydrogen) atoms. The molecule has 0 N–H and O–H groups in total. The molecule has 0 atom stereocenters. The van der Waals surface area contributed by atoms with Gasteiger partial charge >= 0.3 is 0 Å². The highest BCUT2D eigenvalue weighted by molar-refractivity contribution is 5.97. The molecule has 0 radical (unpaired) electrons. The Bertz CT molecular complexity index is 599. The number of hydrogen-bond donors (Lipinski definition) is 0. The van der Waals surface area contributed by atoms with Gasteiger partial charge in [0.25, 0.3) is 0 Å². The molecular weight excluding hydrogens is 288 g/mol. The summed E-state index contributed by atoms with van der Waals surface area (Å²) in [4.78, 5) is 11.7. The molecule has 7 heteroatoms. The number of benzene rings is 1. The highest BCUT2D eigenvalue weighted by Gasteiger charge is 2.39. The van der Waals surface area contributed by atoms with E-state index in [0.29, 0.717) is 28.7 Å². The first kappa shape index (κ1) is 15.9. The number of carbonyl (C=O) groups is 1. The first-order valence-electron chi connectivity index (χ1n) is 6.73. The van der Waals surface area contributed by atoms with Crippen molar-refractivity contribution < 1.29 is 23.7 Å². The van der Waals surface area contributed by atoms with Gasteiger partial charge in [-0.1, -0.05) is 0 Å². The number of carbonyl (C=O) groups excluding carboxylic acids is 1. The fourth-order valence-corrected chi connectivity index (χ4v) is 2.28. The summed E-state index contributed by atoms with van der Waals surface area (Å²) in [5.74, 6) is 1.58. The van der Waals surface area contributed by atoms with Crippen LogP contribution in [-0.4, -0.2) is 43.9 Å². The fourth-order valence-electron chi connectivity index (χ4n) is 2.28. The minimum atomic E-state index is -0.846. The van der Waals surface area contributed by atoms with E-state index < -0.39 is 5.72 Å². The average molecular weight is 308 g/mol. The minimum Gasteiger partial charge on any atom is -0.493 e. The van der Waals surface area contributed by atoms with Gasteiger partial charge in [-0.05, 0) is 26.0 Å². The summed E-state index contributed by atoms with van der Waals surface area (Å²) in [6.07, 6.45) is 0. The maximum absolute atomic E-state index is 11.7. The molecular formula is C15H20N2O5. The number of ether oxygens (including phenoxy) is 4. The van der Waals surface area contributed by atoms with Gasteiger partial charge in [0.15, 0.2) is 11.5 Å².